The molecule has 0 bridgehead atoms. The monoisotopic (exact) mass is 469 g/mol. The quantitative estimate of drug-likeness (QED) is 0.371. The van der Waals surface area contributed by atoms with Crippen molar-refractivity contribution in [3.63, 3.8) is 0 Å². The summed E-state index contributed by atoms with van der Waals surface area (Å²) in [5.41, 5.74) is 3.48. The zero-order valence-corrected chi connectivity index (χ0v) is 20.6. The van der Waals surface area contributed by atoms with Gasteiger partial charge in [0.15, 0.2) is 5.65 Å². The molecule has 0 N–H and O–H groups in total. The summed E-state index contributed by atoms with van der Waals surface area (Å²) in [6.07, 6.45) is 3.59. The Morgan fingerprint density at radius 3 is 2.56 bits per heavy atom. The molecule has 0 aliphatic carbocycles. The molecular formula is C23H27N5O2S2. The Morgan fingerprint density at radius 1 is 1.12 bits per heavy atom. The molecule has 0 aromatic carbocycles. The van der Waals surface area contributed by atoms with Crippen molar-refractivity contribution >= 4 is 43.9 Å². The van der Waals surface area contributed by atoms with Gasteiger partial charge in [-0.25, -0.2) is 19.3 Å². The highest BCUT2D eigenvalue weighted by molar-refractivity contribution is 7.28. The normalized spacial score (nSPS) is 15.7. The number of piperidine rings is 1. The highest BCUT2D eigenvalue weighted by Gasteiger charge is 2.29. The third-order valence-electron chi connectivity index (χ3n) is 5.58. The lowest BCUT2D eigenvalue weighted by atomic mass is 9.98. The largest absolute Gasteiger partial charge is 0.444 e. The number of fused-ring (bicyclic) bond motifs is 2. The smallest absolute Gasteiger partial charge is 0.410 e. The standard InChI is InChI=1S/C23H27N5O2S2/c1-13-10-16(26-28-12-14(2)24-19(13)28)17-11-18-21(31-17)25-20(32-18)15-6-8-27(9-7-15)22(29)30-23(3,4)5/h10-12,15H,6-9H2,1-5H3. The number of carbonyl (C=O) groups excluding carboxylic acids is 1. The first-order valence-electron chi connectivity index (χ1n) is 10.9. The van der Waals surface area contributed by atoms with Crippen LogP contribution in [0.4, 0.5) is 4.79 Å². The van der Waals surface area contributed by atoms with Crippen LogP contribution >= 0.6 is 22.7 Å². The van der Waals surface area contributed by atoms with Crippen LogP contribution in [0, 0.1) is 13.8 Å². The Kier molecular flexibility index (Phi) is 5.21. The second-order valence-corrected chi connectivity index (χ2v) is 11.5. The van der Waals surface area contributed by atoms with E-state index in [0.29, 0.717) is 19.0 Å². The van der Waals surface area contributed by atoms with Gasteiger partial charge >= 0.3 is 6.09 Å². The molecule has 0 spiro atoms. The maximum absolute atomic E-state index is 12.3. The van der Waals surface area contributed by atoms with Crippen LogP contribution in [-0.4, -0.2) is 49.3 Å². The minimum absolute atomic E-state index is 0.214. The van der Waals surface area contributed by atoms with E-state index in [4.69, 9.17) is 14.8 Å². The molecule has 4 aromatic rings. The van der Waals surface area contributed by atoms with E-state index in [1.54, 1.807) is 22.7 Å². The summed E-state index contributed by atoms with van der Waals surface area (Å²) >= 11 is 3.46. The Hall–Kier alpha value is -2.52. The molecule has 1 amide bonds. The van der Waals surface area contributed by atoms with Gasteiger partial charge in [-0.15, -0.1) is 22.7 Å². The highest BCUT2D eigenvalue weighted by Crippen LogP contribution is 2.40. The number of thiophene rings is 1. The van der Waals surface area contributed by atoms with E-state index >= 15 is 0 Å². The first-order chi connectivity index (χ1) is 15.2. The summed E-state index contributed by atoms with van der Waals surface area (Å²) in [6.45, 7) is 11.2. The van der Waals surface area contributed by atoms with E-state index in [0.717, 1.165) is 45.1 Å². The zero-order chi connectivity index (χ0) is 22.6. The van der Waals surface area contributed by atoms with Crippen molar-refractivity contribution in [2.24, 2.45) is 0 Å². The number of ether oxygens (including phenoxy) is 1. The second-order valence-electron chi connectivity index (χ2n) is 9.44. The molecule has 0 unspecified atom stereocenters. The van der Waals surface area contributed by atoms with Gasteiger partial charge in [0.1, 0.15) is 16.1 Å². The maximum Gasteiger partial charge on any atom is 0.410 e. The number of hydrogen-bond acceptors (Lipinski definition) is 7. The van der Waals surface area contributed by atoms with E-state index in [9.17, 15) is 4.79 Å². The predicted octanol–water partition coefficient (Wildman–Crippen LogP) is 5.80. The minimum atomic E-state index is -0.458. The molecule has 0 saturated carbocycles. The number of thiazole rings is 1. The molecule has 32 heavy (non-hydrogen) atoms. The van der Waals surface area contributed by atoms with Crippen LogP contribution in [0.15, 0.2) is 18.3 Å². The number of carbonyl (C=O) groups is 1. The Morgan fingerprint density at radius 2 is 1.88 bits per heavy atom. The van der Waals surface area contributed by atoms with Crippen molar-refractivity contribution in [3.05, 3.63) is 34.6 Å². The van der Waals surface area contributed by atoms with Crippen LogP contribution in [0.1, 0.15) is 55.8 Å². The van der Waals surface area contributed by atoms with Crippen molar-refractivity contribution in [3.8, 4) is 10.6 Å². The van der Waals surface area contributed by atoms with Gasteiger partial charge in [-0.05, 0) is 65.2 Å². The lowest BCUT2D eigenvalue weighted by Gasteiger charge is -2.32. The number of hydrogen-bond donors (Lipinski definition) is 0. The van der Waals surface area contributed by atoms with Gasteiger partial charge in [-0.3, -0.25) is 0 Å². The van der Waals surface area contributed by atoms with Crippen molar-refractivity contribution in [2.75, 3.05) is 13.1 Å². The first-order valence-corrected chi connectivity index (χ1v) is 12.5. The number of nitrogens with zero attached hydrogens (tertiary/aromatic N) is 5. The molecule has 7 nitrogen and oxygen atoms in total. The summed E-state index contributed by atoms with van der Waals surface area (Å²) in [4.78, 5) is 25.8. The van der Waals surface area contributed by atoms with E-state index < -0.39 is 5.60 Å². The lowest BCUT2D eigenvalue weighted by molar-refractivity contribution is 0.0205. The van der Waals surface area contributed by atoms with E-state index in [2.05, 4.69) is 24.0 Å². The van der Waals surface area contributed by atoms with Gasteiger partial charge < -0.3 is 9.64 Å². The van der Waals surface area contributed by atoms with Crippen molar-refractivity contribution < 1.29 is 9.53 Å². The molecule has 0 radical (unpaired) electrons. The Labute approximate surface area is 195 Å². The van der Waals surface area contributed by atoms with Crippen molar-refractivity contribution in [1.29, 1.82) is 0 Å². The van der Waals surface area contributed by atoms with Gasteiger partial charge in [-0.1, -0.05) is 0 Å². The maximum atomic E-state index is 12.3. The molecule has 9 heteroatoms. The van der Waals surface area contributed by atoms with Crippen LogP contribution in [0.25, 0.3) is 25.7 Å². The van der Waals surface area contributed by atoms with E-state index in [-0.39, 0.29) is 6.09 Å². The number of amides is 1. The molecule has 5 rings (SSSR count). The molecule has 1 fully saturated rings. The summed E-state index contributed by atoms with van der Waals surface area (Å²) in [7, 11) is 0. The third kappa shape index (κ3) is 4.11. The number of imidazole rings is 1. The van der Waals surface area contributed by atoms with Crippen molar-refractivity contribution in [1.82, 2.24) is 24.5 Å². The number of rotatable bonds is 2. The summed E-state index contributed by atoms with van der Waals surface area (Å²) in [5.74, 6) is 0.396. The predicted molar refractivity (Wildman–Crippen MR) is 129 cm³/mol. The number of aryl methyl sites for hydroxylation is 2. The fraction of sp³-hybridized carbons (Fsp3) is 0.478. The molecule has 1 aliphatic rings. The number of likely N-dealkylation sites (tertiary alicyclic amines) is 1. The van der Waals surface area contributed by atoms with Crippen LogP contribution in [0.5, 0.6) is 0 Å². The van der Waals surface area contributed by atoms with Gasteiger partial charge in [0.05, 0.1) is 26.5 Å². The Balaban J connectivity index is 1.31. The summed E-state index contributed by atoms with van der Waals surface area (Å²) < 4.78 is 8.58. The Bertz CT molecular complexity index is 1270. The van der Waals surface area contributed by atoms with Gasteiger partial charge in [-0.2, -0.15) is 5.10 Å². The summed E-state index contributed by atoms with van der Waals surface area (Å²) in [5, 5.41) is 5.93. The molecule has 5 heterocycles. The fourth-order valence-corrected chi connectivity index (χ4v) is 6.40. The van der Waals surface area contributed by atoms with E-state index in [1.807, 2.05) is 43.3 Å². The van der Waals surface area contributed by atoms with Crippen LogP contribution in [0.2, 0.25) is 0 Å². The average molecular weight is 470 g/mol. The van der Waals surface area contributed by atoms with Crippen LogP contribution < -0.4 is 0 Å². The molecule has 1 aliphatic heterocycles. The van der Waals surface area contributed by atoms with Gasteiger partial charge in [0.25, 0.3) is 0 Å². The highest BCUT2D eigenvalue weighted by atomic mass is 32.1. The molecule has 1 saturated heterocycles. The minimum Gasteiger partial charge on any atom is -0.444 e. The topological polar surface area (TPSA) is 72.6 Å². The molecule has 0 atom stereocenters. The van der Waals surface area contributed by atoms with Gasteiger partial charge in [0.2, 0.25) is 0 Å². The molecule has 168 valence electrons. The average Bonchev–Trinajstić information content (AvgIpc) is 3.39. The summed E-state index contributed by atoms with van der Waals surface area (Å²) in [6, 6.07) is 4.30. The first kappa shape index (κ1) is 21.3. The third-order valence-corrected chi connectivity index (χ3v) is 7.93. The fourth-order valence-electron chi connectivity index (χ4n) is 4.05. The molecule has 4 aromatic heterocycles. The van der Waals surface area contributed by atoms with Crippen molar-refractivity contribution in [2.45, 2.75) is 59.0 Å². The van der Waals surface area contributed by atoms with Gasteiger partial charge in [0, 0.05) is 19.0 Å². The SMILES string of the molecule is Cc1cn2nc(-c3cc4sc(C5CCN(C(=O)OC(C)(C)C)CC5)nc4s3)cc(C)c2n1. The van der Waals surface area contributed by atoms with Crippen LogP contribution in [-0.2, 0) is 4.74 Å². The second kappa shape index (κ2) is 7.81. The van der Waals surface area contributed by atoms with E-state index in [1.165, 1.54) is 9.71 Å². The van der Waals surface area contributed by atoms with Crippen LogP contribution in [0.3, 0.4) is 0 Å². The zero-order valence-electron chi connectivity index (χ0n) is 19.0. The number of aromatic nitrogens is 4. The molecular weight excluding hydrogens is 442 g/mol. The lowest BCUT2D eigenvalue weighted by Crippen LogP contribution is -2.41.